The smallest absolute Gasteiger partial charge is 0.255 e. The normalized spacial score (nSPS) is 21.9. The fourth-order valence-corrected chi connectivity index (χ4v) is 3.68. The molecule has 0 bridgehead atoms. The first-order chi connectivity index (χ1) is 13.2. The summed E-state index contributed by atoms with van der Waals surface area (Å²) < 4.78 is 2.00. The Hall–Kier alpha value is -3.06. The number of nitrogens with one attached hydrogen (secondary N) is 1. The quantitative estimate of drug-likeness (QED) is 0.722. The monoisotopic (exact) mass is 363 g/mol. The van der Waals surface area contributed by atoms with E-state index in [1.807, 2.05) is 41.1 Å². The van der Waals surface area contributed by atoms with E-state index in [9.17, 15) is 9.90 Å². The number of amides is 1. The van der Waals surface area contributed by atoms with Gasteiger partial charge in [-0.3, -0.25) is 4.79 Å². The molecule has 1 aliphatic carbocycles. The molecule has 7 heteroatoms. The molecule has 27 heavy (non-hydrogen) atoms. The molecule has 7 nitrogen and oxygen atoms in total. The van der Waals surface area contributed by atoms with Crippen LogP contribution >= 0.6 is 0 Å². The third-order valence-electron chi connectivity index (χ3n) is 4.98. The first-order valence-electron chi connectivity index (χ1n) is 9.01. The minimum Gasteiger partial charge on any atom is -0.391 e. The number of carbonyl (C=O) groups excluding carboxylic acids is 1. The van der Waals surface area contributed by atoms with Crippen LogP contribution in [-0.4, -0.2) is 42.7 Å². The Morgan fingerprint density at radius 1 is 1.22 bits per heavy atom. The summed E-state index contributed by atoms with van der Waals surface area (Å²) in [4.78, 5) is 25.2. The maximum absolute atomic E-state index is 12.8. The van der Waals surface area contributed by atoms with Crippen LogP contribution in [0.25, 0.3) is 11.3 Å². The first kappa shape index (κ1) is 17.4. The summed E-state index contributed by atoms with van der Waals surface area (Å²) in [5.74, 6) is 0.0295. The van der Waals surface area contributed by atoms with Gasteiger partial charge in [-0.1, -0.05) is 30.3 Å². The molecule has 1 saturated carbocycles. The van der Waals surface area contributed by atoms with E-state index in [1.54, 1.807) is 12.5 Å². The Morgan fingerprint density at radius 2 is 2.07 bits per heavy atom. The zero-order chi connectivity index (χ0) is 18.6. The highest BCUT2D eigenvalue weighted by Gasteiger charge is 2.34. The molecule has 0 radical (unpaired) electrons. The highest BCUT2D eigenvalue weighted by Crippen LogP contribution is 2.28. The second-order valence-corrected chi connectivity index (χ2v) is 6.90. The zero-order valence-electron chi connectivity index (χ0n) is 14.8. The second kappa shape index (κ2) is 7.67. The molecule has 138 valence electrons. The van der Waals surface area contributed by atoms with Crippen molar-refractivity contribution in [3.63, 3.8) is 0 Å². The van der Waals surface area contributed by atoms with Gasteiger partial charge in [0.25, 0.3) is 5.91 Å². The number of nitrogens with zero attached hydrogens (tertiary/aromatic N) is 4. The van der Waals surface area contributed by atoms with E-state index in [4.69, 9.17) is 0 Å². The second-order valence-electron chi connectivity index (χ2n) is 6.90. The van der Waals surface area contributed by atoms with Crippen LogP contribution in [0, 0.1) is 5.92 Å². The standard InChI is InChI=1S/C20H21N5O2/c26-18-9-14(11-25-7-6-21-13-25)8-17(18)24-20(27)16-10-22-12-23-19(16)15-4-2-1-3-5-15/h1-7,10,12-14,17-18,26H,8-9,11H2,(H,24,27)/t14?,17-,18-/m1/s1. The number of imidazole rings is 1. The van der Waals surface area contributed by atoms with Gasteiger partial charge in [0.1, 0.15) is 6.33 Å². The molecule has 0 saturated heterocycles. The molecule has 0 spiro atoms. The minimum absolute atomic E-state index is 0.262. The first-order valence-corrected chi connectivity index (χ1v) is 9.01. The highest BCUT2D eigenvalue weighted by molar-refractivity contribution is 5.99. The van der Waals surface area contributed by atoms with Gasteiger partial charge in [-0.2, -0.15) is 0 Å². The number of benzene rings is 1. The van der Waals surface area contributed by atoms with E-state index < -0.39 is 6.10 Å². The summed E-state index contributed by atoms with van der Waals surface area (Å²) in [5.41, 5.74) is 1.86. The van der Waals surface area contributed by atoms with Crippen LogP contribution in [0.4, 0.5) is 0 Å². The van der Waals surface area contributed by atoms with Gasteiger partial charge < -0.3 is 15.0 Å². The Morgan fingerprint density at radius 3 is 2.85 bits per heavy atom. The van der Waals surface area contributed by atoms with Gasteiger partial charge in [0.05, 0.1) is 29.7 Å². The largest absolute Gasteiger partial charge is 0.391 e. The maximum atomic E-state index is 12.8. The Balaban J connectivity index is 1.47. The fourth-order valence-electron chi connectivity index (χ4n) is 3.68. The summed E-state index contributed by atoms with van der Waals surface area (Å²) in [6.45, 7) is 0.785. The van der Waals surface area contributed by atoms with Crippen molar-refractivity contribution in [2.75, 3.05) is 0 Å². The Kier molecular flexibility index (Phi) is 4.93. The molecule has 1 unspecified atom stereocenters. The van der Waals surface area contributed by atoms with Crippen molar-refractivity contribution < 1.29 is 9.90 Å². The van der Waals surface area contributed by atoms with Gasteiger partial charge in [-0.25, -0.2) is 15.0 Å². The van der Waals surface area contributed by atoms with E-state index in [0.29, 0.717) is 23.6 Å². The number of aliphatic hydroxyl groups is 1. The lowest BCUT2D eigenvalue weighted by Crippen LogP contribution is -2.40. The third-order valence-corrected chi connectivity index (χ3v) is 4.98. The lowest BCUT2D eigenvalue weighted by molar-refractivity contribution is 0.0872. The van der Waals surface area contributed by atoms with Crippen molar-refractivity contribution in [3.05, 3.63) is 67.1 Å². The number of aromatic nitrogens is 4. The predicted molar refractivity (Wildman–Crippen MR) is 99.7 cm³/mol. The average Bonchev–Trinajstić information content (AvgIpc) is 3.32. The van der Waals surface area contributed by atoms with Crippen LogP contribution < -0.4 is 5.32 Å². The molecule has 1 aliphatic rings. The molecule has 2 heterocycles. The maximum Gasteiger partial charge on any atom is 0.255 e. The number of hydrogen-bond donors (Lipinski definition) is 2. The van der Waals surface area contributed by atoms with Crippen molar-refractivity contribution in [2.24, 2.45) is 5.92 Å². The van der Waals surface area contributed by atoms with Crippen LogP contribution in [0.5, 0.6) is 0 Å². The third kappa shape index (κ3) is 3.88. The lowest BCUT2D eigenvalue weighted by Gasteiger charge is -2.17. The van der Waals surface area contributed by atoms with Crippen LogP contribution in [0.1, 0.15) is 23.2 Å². The zero-order valence-corrected chi connectivity index (χ0v) is 14.8. The predicted octanol–water partition coefficient (Wildman–Crippen LogP) is 1.91. The van der Waals surface area contributed by atoms with Crippen molar-refractivity contribution in [1.82, 2.24) is 24.8 Å². The topological polar surface area (TPSA) is 92.9 Å². The molecule has 0 aliphatic heterocycles. The summed E-state index contributed by atoms with van der Waals surface area (Å²) in [6, 6.07) is 9.26. The Bertz CT molecular complexity index is 898. The number of rotatable bonds is 5. The minimum atomic E-state index is -0.563. The number of hydrogen-bond acceptors (Lipinski definition) is 5. The van der Waals surface area contributed by atoms with Gasteiger partial charge in [-0.05, 0) is 18.8 Å². The number of aliphatic hydroxyl groups excluding tert-OH is 1. The molecular formula is C20H21N5O2. The van der Waals surface area contributed by atoms with Gasteiger partial charge in [-0.15, -0.1) is 0 Å². The van der Waals surface area contributed by atoms with E-state index in [-0.39, 0.29) is 11.9 Å². The molecule has 1 fully saturated rings. The van der Waals surface area contributed by atoms with Crippen LogP contribution in [0.15, 0.2) is 61.6 Å². The van der Waals surface area contributed by atoms with E-state index >= 15 is 0 Å². The van der Waals surface area contributed by atoms with Crippen molar-refractivity contribution in [2.45, 2.75) is 31.5 Å². The summed E-state index contributed by atoms with van der Waals surface area (Å²) in [5, 5.41) is 13.4. The van der Waals surface area contributed by atoms with Crippen LogP contribution in [0.3, 0.4) is 0 Å². The van der Waals surface area contributed by atoms with Gasteiger partial charge in [0, 0.05) is 30.7 Å². The fraction of sp³-hybridized carbons (Fsp3) is 0.300. The molecule has 4 rings (SSSR count). The molecule has 2 aromatic heterocycles. The van der Waals surface area contributed by atoms with Crippen molar-refractivity contribution in [3.8, 4) is 11.3 Å². The summed E-state index contributed by atoms with van der Waals surface area (Å²) >= 11 is 0. The van der Waals surface area contributed by atoms with Gasteiger partial charge >= 0.3 is 0 Å². The summed E-state index contributed by atoms with van der Waals surface area (Å²) in [6.07, 6.45) is 9.19. The SMILES string of the molecule is O=C(N[C@@H]1CC(Cn2ccnc2)C[C@H]1O)c1cncnc1-c1ccccc1. The average molecular weight is 363 g/mol. The Labute approximate surface area is 157 Å². The van der Waals surface area contributed by atoms with Crippen LogP contribution in [0.2, 0.25) is 0 Å². The van der Waals surface area contributed by atoms with Crippen LogP contribution in [-0.2, 0) is 6.54 Å². The molecular weight excluding hydrogens is 342 g/mol. The summed E-state index contributed by atoms with van der Waals surface area (Å²) in [7, 11) is 0. The molecule has 2 N–H and O–H groups in total. The van der Waals surface area contributed by atoms with E-state index in [1.165, 1.54) is 12.5 Å². The molecule has 3 atom stereocenters. The van der Waals surface area contributed by atoms with Crippen molar-refractivity contribution >= 4 is 5.91 Å². The lowest BCUT2D eigenvalue weighted by atomic mass is 10.1. The molecule has 1 aromatic carbocycles. The van der Waals surface area contributed by atoms with Crippen molar-refractivity contribution in [1.29, 1.82) is 0 Å². The van der Waals surface area contributed by atoms with E-state index in [0.717, 1.165) is 18.5 Å². The van der Waals surface area contributed by atoms with E-state index in [2.05, 4.69) is 20.3 Å². The van der Waals surface area contributed by atoms with Gasteiger partial charge in [0.15, 0.2) is 0 Å². The number of carbonyl (C=O) groups is 1. The highest BCUT2D eigenvalue weighted by atomic mass is 16.3. The van der Waals surface area contributed by atoms with Gasteiger partial charge in [0.2, 0.25) is 0 Å². The molecule has 3 aromatic rings. The molecule has 1 amide bonds.